The maximum Gasteiger partial charge on any atom is 0.126 e. The van der Waals surface area contributed by atoms with E-state index in [2.05, 4.69) is 47.6 Å². The van der Waals surface area contributed by atoms with Gasteiger partial charge in [-0.1, -0.05) is 24.3 Å². The molecule has 0 bridgehead atoms. The largest absolute Gasteiger partial charge is 0.367 e. The van der Waals surface area contributed by atoms with Gasteiger partial charge in [-0.2, -0.15) is 0 Å². The van der Waals surface area contributed by atoms with Gasteiger partial charge in [-0.25, -0.2) is 4.98 Å². The number of hydrogen-bond donors (Lipinski definition) is 1. The molecule has 3 rings (SSSR count). The van der Waals surface area contributed by atoms with E-state index in [4.69, 9.17) is 0 Å². The molecule has 0 amide bonds. The van der Waals surface area contributed by atoms with Gasteiger partial charge in [0.05, 0.1) is 0 Å². The highest BCUT2D eigenvalue weighted by molar-refractivity contribution is 5.40. The van der Waals surface area contributed by atoms with Crippen LogP contribution in [0.5, 0.6) is 0 Å². The first-order valence-electron chi connectivity index (χ1n) is 6.57. The molecule has 92 valence electrons. The summed E-state index contributed by atoms with van der Waals surface area (Å²) in [5.41, 5.74) is 4.24. The van der Waals surface area contributed by atoms with E-state index < -0.39 is 0 Å². The van der Waals surface area contributed by atoms with Crippen molar-refractivity contribution in [2.45, 2.75) is 32.2 Å². The second kappa shape index (κ2) is 4.81. The molecule has 0 radical (unpaired) electrons. The van der Waals surface area contributed by atoms with E-state index in [-0.39, 0.29) is 0 Å². The molecule has 1 aromatic heterocycles. The predicted octanol–water partition coefficient (Wildman–Crippen LogP) is 3.36. The molecule has 18 heavy (non-hydrogen) atoms. The maximum atomic E-state index is 4.38. The highest BCUT2D eigenvalue weighted by atomic mass is 15.0. The first-order valence-corrected chi connectivity index (χ1v) is 6.57. The monoisotopic (exact) mass is 238 g/mol. The summed E-state index contributed by atoms with van der Waals surface area (Å²) < 4.78 is 0. The second-order valence-electron chi connectivity index (χ2n) is 5.07. The Labute approximate surface area is 108 Å². The molecule has 2 aromatic rings. The van der Waals surface area contributed by atoms with Gasteiger partial charge < -0.3 is 5.32 Å². The van der Waals surface area contributed by atoms with Crippen LogP contribution < -0.4 is 5.32 Å². The minimum atomic E-state index is 0.509. The van der Waals surface area contributed by atoms with Crippen LogP contribution in [-0.2, 0) is 12.8 Å². The third kappa shape index (κ3) is 2.37. The summed E-state index contributed by atoms with van der Waals surface area (Å²) in [4.78, 5) is 4.38. The smallest absolute Gasteiger partial charge is 0.126 e. The number of anilines is 1. The molecular formula is C16H18N2. The number of benzene rings is 1. The van der Waals surface area contributed by atoms with Gasteiger partial charge in [0.1, 0.15) is 5.82 Å². The van der Waals surface area contributed by atoms with Crippen molar-refractivity contribution < 1.29 is 0 Å². The predicted molar refractivity (Wildman–Crippen MR) is 74.9 cm³/mol. The molecule has 1 aliphatic carbocycles. The topological polar surface area (TPSA) is 24.9 Å². The average Bonchev–Trinajstić information content (AvgIpc) is 2.39. The van der Waals surface area contributed by atoms with Crippen LogP contribution in [0.25, 0.3) is 0 Å². The van der Waals surface area contributed by atoms with E-state index in [1.807, 2.05) is 12.3 Å². The molecule has 1 unspecified atom stereocenters. The van der Waals surface area contributed by atoms with E-state index in [9.17, 15) is 0 Å². The Morgan fingerprint density at radius 3 is 2.83 bits per heavy atom. The van der Waals surface area contributed by atoms with Crippen molar-refractivity contribution >= 4 is 5.82 Å². The summed E-state index contributed by atoms with van der Waals surface area (Å²) in [6.45, 7) is 2.10. The molecule has 0 fully saturated rings. The maximum absolute atomic E-state index is 4.38. The molecular weight excluding hydrogens is 220 g/mol. The van der Waals surface area contributed by atoms with Crippen LogP contribution in [0.15, 0.2) is 42.6 Å². The van der Waals surface area contributed by atoms with Crippen molar-refractivity contribution in [3.63, 3.8) is 0 Å². The molecule has 1 aliphatic rings. The fourth-order valence-corrected chi connectivity index (χ4v) is 2.65. The van der Waals surface area contributed by atoms with Crippen molar-refractivity contribution in [2.75, 3.05) is 5.32 Å². The molecule has 1 aromatic carbocycles. The molecule has 0 saturated carbocycles. The van der Waals surface area contributed by atoms with Gasteiger partial charge in [0, 0.05) is 12.2 Å². The summed E-state index contributed by atoms with van der Waals surface area (Å²) >= 11 is 0. The van der Waals surface area contributed by atoms with Gasteiger partial charge in [-0.15, -0.1) is 0 Å². The molecule has 1 N–H and O–H groups in total. The van der Waals surface area contributed by atoms with Gasteiger partial charge in [0.15, 0.2) is 0 Å². The molecule has 0 aliphatic heterocycles. The highest BCUT2D eigenvalue weighted by Crippen LogP contribution is 2.23. The van der Waals surface area contributed by atoms with Crippen LogP contribution in [-0.4, -0.2) is 11.0 Å². The van der Waals surface area contributed by atoms with Crippen LogP contribution in [0.2, 0.25) is 0 Å². The second-order valence-corrected chi connectivity index (χ2v) is 5.07. The SMILES string of the molecule is Cc1ccnc(NC2CCc3ccccc3C2)c1. The van der Waals surface area contributed by atoms with Crippen molar-refractivity contribution in [1.82, 2.24) is 4.98 Å². The van der Waals surface area contributed by atoms with E-state index in [1.54, 1.807) is 0 Å². The zero-order valence-corrected chi connectivity index (χ0v) is 10.7. The lowest BCUT2D eigenvalue weighted by molar-refractivity contribution is 0.609. The van der Waals surface area contributed by atoms with E-state index in [0.717, 1.165) is 12.2 Å². The first-order chi connectivity index (χ1) is 8.81. The van der Waals surface area contributed by atoms with Gasteiger partial charge >= 0.3 is 0 Å². The third-order valence-electron chi connectivity index (χ3n) is 3.61. The van der Waals surface area contributed by atoms with Gasteiger partial charge in [-0.3, -0.25) is 0 Å². The molecule has 0 saturated heterocycles. The number of hydrogen-bond acceptors (Lipinski definition) is 2. The lowest BCUT2D eigenvalue weighted by atomic mass is 9.88. The Bertz CT molecular complexity index is 548. The van der Waals surface area contributed by atoms with Crippen LogP contribution in [0.1, 0.15) is 23.1 Å². The third-order valence-corrected chi connectivity index (χ3v) is 3.61. The zero-order chi connectivity index (χ0) is 12.4. The number of aryl methyl sites for hydroxylation is 2. The highest BCUT2D eigenvalue weighted by Gasteiger charge is 2.18. The Balaban J connectivity index is 1.73. The van der Waals surface area contributed by atoms with Crippen molar-refractivity contribution in [3.05, 3.63) is 59.3 Å². The lowest BCUT2D eigenvalue weighted by Crippen LogP contribution is -2.27. The Morgan fingerprint density at radius 1 is 1.17 bits per heavy atom. The fraction of sp³-hybridized carbons (Fsp3) is 0.312. The fourth-order valence-electron chi connectivity index (χ4n) is 2.65. The Hall–Kier alpha value is -1.83. The van der Waals surface area contributed by atoms with Crippen LogP contribution in [0.3, 0.4) is 0 Å². The number of rotatable bonds is 2. The normalized spacial score (nSPS) is 18.2. The molecule has 2 heteroatoms. The number of nitrogens with one attached hydrogen (secondary N) is 1. The minimum absolute atomic E-state index is 0.509. The standard InChI is InChI=1S/C16H18N2/c1-12-8-9-17-16(10-12)18-15-7-6-13-4-2-3-5-14(13)11-15/h2-5,8-10,15H,6-7,11H2,1H3,(H,17,18). The van der Waals surface area contributed by atoms with E-state index in [0.29, 0.717) is 6.04 Å². The lowest BCUT2D eigenvalue weighted by Gasteiger charge is -2.26. The molecule has 1 atom stereocenters. The van der Waals surface area contributed by atoms with Crippen molar-refractivity contribution in [3.8, 4) is 0 Å². The summed E-state index contributed by atoms with van der Waals surface area (Å²) in [5.74, 6) is 0.999. The first kappa shape index (κ1) is 11.3. The zero-order valence-electron chi connectivity index (χ0n) is 10.7. The van der Waals surface area contributed by atoms with Crippen LogP contribution >= 0.6 is 0 Å². The number of aromatic nitrogens is 1. The van der Waals surface area contributed by atoms with Crippen molar-refractivity contribution in [1.29, 1.82) is 0 Å². The molecule has 2 nitrogen and oxygen atoms in total. The van der Waals surface area contributed by atoms with E-state index >= 15 is 0 Å². The minimum Gasteiger partial charge on any atom is -0.367 e. The number of fused-ring (bicyclic) bond motifs is 1. The quantitative estimate of drug-likeness (QED) is 0.867. The van der Waals surface area contributed by atoms with Crippen LogP contribution in [0.4, 0.5) is 5.82 Å². The number of nitrogens with zero attached hydrogens (tertiary/aromatic N) is 1. The van der Waals surface area contributed by atoms with Crippen molar-refractivity contribution in [2.24, 2.45) is 0 Å². The average molecular weight is 238 g/mol. The number of pyridine rings is 1. The summed E-state index contributed by atoms with van der Waals surface area (Å²) in [6.07, 6.45) is 5.33. The molecule has 0 spiro atoms. The van der Waals surface area contributed by atoms with E-state index in [1.165, 1.54) is 29.5 Å². The molecule has 1 heterocycles. The van der Waals surface area contributed by atoms with Gasteiger partial charge in [-0.05, 0) is 55.0 Å². The summed E-state index contributed by atoms with van der Waals surface area (Å²) in [7, 11) is 0. The summed E-state index contributed by atoms with van der Waals surface area (Å²) in [6, 6.07) is 13.4. The van der Waals surface area contributed by atoms with Crippen LogP contribution in [0, 0.1) is 6.92 Å². The Morgan fingerprint density at radius 2 is 2.00 bits per heavy atom. The van der Waals surface area contributed by atoms with Gasteiger partial charge in [0.25, 0.3) is 0 Å². The summed E-state index contributed by atoms with van der Waals surface area (Å²) in [5, 5.41) is 3.55. The Kier molecular flexibility index (Phi) is 3.01. The van der Waals surface area contributed by atoms with Gasteiger partial charge in [0.2, 0.25) is 0 Å².